The molecular formula is C16H14BrN5O. The van der Waals surface area contributed by atoms with Gasteiger partial charge >= 0.3 is 0 Å². The van der Waals surface area contributed by atoms with E-state index >= 15 is 0 Å². The van der Waals surface area contributed by atoms with E-state index in [9.17, 15) is 4.79 Å². The number of amides is 1. The van der Waals surface area contributed by atoms with Crippen LogP contribution >= 0.6 is 15.9 Å². The highest BCUT2D eigenvalue weighted by Crippen LogP contribution is 2.10. The van der Waals surface area contributed by atoms with Crippen LogP contribution in [0.1, 0.15) is 12.0 Å². The summed E-state index contributed by atoms with van der Waals surface area (Å²) >= 11 is 3.38. The number of nitrogens with zero attached hydrogens (tertiary/aromatic N) is 4. The van der Waals surface area contributed by atoms with Gasteiger partial charge in [-0.3, -0.25) is 4.79 Å². The lowest BCUT2D eigenvalue weighted by Crippen LogP contribution is -2.19. The Hall–Kier alpha value is -2.54. The number of fused-ring (bicyclic) bond motifs is 1. The second kappa shape index (κ2) is 7.15. The predicted octanol–water partition coefficient (Wildman–Crippen LogP) is 2.73. The summed E-state index contributed by atoms with van der Waals surface area (Å²) in [6, 6.07) is 15.3. The number of hydrogen-bond donors (Lipinski definition) is 1. The molecule has 6 nitrogen and oxygen atoms in total. The molecule has 1 aromatic heterocycles. The minimum atomic E-state index is -0.171. The third-order valence-electron chi connectivity index (χ3n) is 3.22. The van der Waals surface area contributed by atoms with Gasteiger partial charge in [-0.15, -0.1) is 5.10 Å². The Balaban J connectivity index is 1.54. The van der Waals surface area contributed by atoms with Crippen molar-refractivity contribution in [2.45, 2.75) is 13.0 Å². The van der Waals surface area contributed by atoms with Crippen LogP contribution in [0.15, 0.2) is 58.1 Å². The van der Waals surface area contributed by atoms with E-state index in [-0.39, 0.29) is 12.3 Å². The Morgan fingerprint density at radius 3 is 3.00 bits per heavy atom. The smallest absolute Gasteiger partial charge is 0.241 e. The first-order chi connectivity index (χ1) is 11.2. The van der Waals surface area contributed by atoms with Gasteiger partial charge in [-0.05, 0) is 29.8 Å². The number of hydrazone groups is 1. The topological polar surface area (TPSA) is 72.2 Å². The number of para-hydroxylation sites is 1. The second-order valence-electron chi connectivity index (χ2n) is 4.90. The predicted molar refractivity (Wildman–Crippen MR) is 92.0 cm³/mol. The summed E-state index contributed by atoms with van der Waals surface area (Å²) in [6.07, 6.45) is 1.89. The van der Waals surface area contributed by atoms with E-state index in [4.69, 9.17) is 0 Å². The molecule has 0 saturated heterocycles. The molecule has 3 rings (SSSR count). The number of aryl methyl sites for hydroxylation is 1. The fourth-order valence-electron chi connectivity index (χ4n) is 2.11. The molecule has 7 heteroatoms. The molecule has 2 aromatic carbocycles. The first-order valence-electron chi connectivity index (χ1n) is 7.08. The Morgan fingerprint density at radius 2 is 2.13 bits per heavy atom. The summed E-state index contributed by atoms with van der Waals surface area (Å²) in [5.41, 5.74) is 5.15. The van der Waals surface area contributed by atoms with Crippen molar-refractivity contribution in [3.63, 3.8) is 0 Å². The van der Waals surface area contributed by atoms with Gasteiger partial charge in [-0.1, -0.05) is 45.4 Å². The number of nitrogens with one attached hydrogen (secondary N) is 1. The highest BCUT2D eigenvalue weighted by Gasteiger charge is 2.05. The van der Waals surface area contributed by atoms with Crippen LogP contribution < -0.4 is 5.43 Å². The normalized spacial score (nSPS) is 11.2. The second-order valence-corrected chi connectivity index (χ2v) is 5.82. The van der Waals surface area contributed by atoms with Gasteiger partial charge in [-0.2, -0.15) is 5.10 Å². The van der Waals surface area contributed by atoms with Crippen molar-refractivity contribution in [1.29, 1.82) is 0 Å². The van der Waals surface area contributed by atoms with E-state index in [1.165, 1.54) is 0 Å². The van der Waals surface area contributed by atoms with Crippen molar-refractivity contribution >= 4 is 39.1 Å². The van der Waals surface area contributed by atoms with E-state index in [1.54, 1.807) is 10.9 Å². The van der Waals surface area contributed by atoms with Crippen LogP contribution in [-0.2, 0) is 11.3 Å². The highest BCUT2D eigenvalue weighted by atomic mass is 79.9. The van der Waals surface area contributed by atoms with Crippen LogP contribution in [0.2, 0.25) is 0 Å². The third kappa shape index (κ3) is 4.01. The van der Waals surface area contributed by atoms with E-state index in [0.29, 0.717) is 6.54 Å². The number of halogens is 1. The van der Waals surface area contributed by atoms with Crippen LogP contribution in [0.25, 0.3) is 11.0 Å². The van der Waals surface area contributed by atoms with Gasteiger partial charge in [0.05, 0.1) is 18.3 Å². The molecule has 0 spiro atoms. The van der Waals surface area contributed by atoms with E-state index < -0.39 is 0 Å². The molecule has 1 heterocycles. The van der Waals surface area contributed by atoms with E-state index in [1.807, 2.05) is 48.5 Å². The molecule has 3 aromatic rings. The van der Waals surface area contributed by atoms with Gasteiger partial charge in [0.2, 0.25) is 5.91 Å². The fourth-order valence-corrected chi connectivity index (χ4v) is 2.53. The largest absolute Gasteiger partial charge is 0.273 e. The lowest BCUT2D eigenvalue weighted by atomic mass is 10.2. The Kier molecular flexibility index (Phi) is 4.77. The lowest BCUT2D eigenvalue weighted by Gasteiger charge is -2.01. The zero-order valence-electron chi connectivity index (χ0n) is 12.2. The summed E-state index contributed by atoms with van der Waals surface area (Å²) in [4.78, 5) is 11.8. The Bertz CT molecular complexity index is 858. The molecule has 0 aliphatic rings. The van der Waals surface area contributed by atoms with Gasteiger partial charge in [0.1, 0.15) is 5.52 Å². The molecule has 0 saturated carbocycles. The van der Waals surface area contributed by atoms with Crippen LogP contribution in [0.3, 0.4) is 0 Å². The highest BCUT2D eigenvalue weighted by molar-refractivity contribution is 9.10. The SMILES string of the molecule is O=C(CCn1nnc2ccccc21)N/N=C\c1cccc(Br)c1. The first kappa shape index (κ1) is 15.4. The first-order valence-corrected chi connectivity index (χ1v) is 7.87. The number of carbonyl (C=O) groups is 1. The molecule has 0 aliphatic heterocycles. The van der Waals surface area contributed by atoms with Gasteiger partial charge in [0, 0.05) is 10.9 Å². The minimum Gasteiger partial charge on any atom is -0.273 e. The number of carbonyl (C=O) groups excluding carboxylic acids is 1. The Labute approximate surface area is 141 Å². The Morgan fingerprint density at radius 1 is 1.26 bits per heavy atom. The summed E-state index contributed by atoms with van der Waals surface area (Å²) < 4.78 is 2.68. The molecule has 1 amide bonds. The van der Waals surface area contributed by atoms with Crippen molar-refractivity contribution in [1.82, 2.24) is 20.4 Å². The number of hydrogen-bond acceptors (Lipinski definition) is 4. The number of rotatable bonds is 5. The quantitative estimate of drug-likeness (QED) is 0.553. The zero-order chi connectivity index (χ0) is 16.1. The molecule has 116 valence electrons. The third-order valence-corrected chi connectivity index (χ3v) is 3.72. The number of benzene rings is 2. The van der Waals surface area contributed by atoms with Gasteiger partial charge in [-0.25, -0.2) is 10.1 Å². The van der Waals surface area contributed by atoms with Crippen molar-refractivity contribution in [3.8, 4) is 0 Å². The van der Waals surface area contributed by atoms with Crippen LogP contribution in [0.5, 0.6) is 0 Å². The molecule has 23 heavy (non-hydrogen) atoms. The van der Waals surface area contributed by atoms with Gasteiger partial charge in [0.25, 0.3) is 0 Å². The summed E-state index contributed by atoms with van der Waals surface area (Å²) in [5.74, 6) is -0.171. The standard InChI is InChI=1S/C16H14BrN5O/c17-13-5-3-4-12(10-13)11-18-20-16(23)8-9-22-15-7-2-1-6-14(15)19-21-22/h1-7,10-11H,8-9H2,(H,20,23)/b18-11-. The van der Waals surface area contributed by atoms with Crippen molar-refractivity contribution in [3.05, 3.63) is 58.6 Å². The molecule has 0 radical (unpaired) electrons. The van der Waals surface area contributed by atoms with Crippen molar-refractivity contribution in [2.75, 3.05) is 0 Å². The monoisotopic (exact) mass is 371 g/mol. The number of aromatic nitrogens is 3. The molecular weight excluding hydrogens is 358 g/mol. The summed E-state index contributed by atoms with van der Waals surface area (Å²) in [5, 5.41) is 12.1. The lowest BCUT2D eigenvalue weighted by molar-refractivity contribution is -0.121. The summed E-state index contributed by atoms with van der Waals surface area (Å²) in [6.45, 7) is 0.457. The zero-order valence-corrected chi connectivity index (χ0v) is 13.8. The van der Waals surface area contributed by atoms with E-state index in [2.05, 4.69) is 36.8 Å². The van der Waals surface area contributed by atoms with Crippen LogP contribution in [0, 0.1) is 0 Å². The molecule has 0 unspecified atom stereocenters. The molecule has 0 bridgehead atoms. The average Bonchev–Trinajstić information content (AvgIpc) is 2.96. The van der Waals surface area contributed by atoms with E-state index in [0.717, 1.165) is 21.1 Å². The van der Waals surface area contributed by atoms with Crippen LogP contribution in [-0.4, -0.2) is 27.1 Å². The van der Waals surface area contributed by atoms with Crippen molar-refractivity contribution < 1.29 is 4.79 Å². The van der Waals surface area contributed by atoms with Crippen molar-refractivity contribution in [2.24, 2.45) is 5.10 Å². The molecule has 0 atom stereocenters. The average molecular weight is 372 g/mol. The molecule has 1 N–H and O–H groups in total. The molecule has 0 aliphatic carbocycles. The minimum absolute atomic E-state index is 0.171. The summed E-state index contributed by atoms with van der Waals surface area (Å²) in [7, 11) is 0. The van der Waals surface area contributed by atoms with Gasteiger partial charge < -0.3 is 0 Å². The van der Waals surface area contributed by atoms with Crippen LogP contribution in [0.4, 0.5) is 0 Å². The van der Waals surface area contributed by atoms with Gasteiger partial charge in [0.15, 0.2) is 0 Å². The maximum Gasteiger partial charge on any atom is 0.241 e. The maximum atomic E-state index is 11.8. The molecule has 0 fully saturated rings. The maximum absolute atomic E-state index is 11.8. The fraction of sp³-hybridized carbons (Fsp3) is 0.125.